The van der Waals surface area contributed by atoms with Gasteiger partial charge >= 0.3 is 0 Å². The van der Waals surface area contributed by atoms with E-state index in [1.165, 1.54) is 87.6 Å². The summed E-state index contributed by atoms with van der Waals surface area (Å²) in [6, 6.07) is 9.91. The smallest absolute Gasteiger partial charge is 0.262 e. The minimum atomic E-state index is -0.475. The van der Waals surface area contributed by atoms with Crippen LogP contribution in [0.1, 0.15) is 133 Å². The van der Waals surface area contributed by atoms with E-state index in [1.54, 1.807) is 0 Å². The molecule has 6 nitrogen and oxygen atoms in total. The summed E-state index contributed by atoms with van der Waals surface area (Å²) in [5, 5.41) is 13.3. The van der Waals surface area contributed by atoms with Crippen molar-refractivity contribution in [3.63, 3.8) is 0 Å². The van der Waals surface area contributed by atoms with Crippen molar-refractivity contribution in [3.05, 3.63) is 56.7 Å². The van der Waals surface area contributed by atoms with Gasteiger partial charge in [0, 0.05) is 17.7 Å². The van der Waals surface area contributed by atoms with Crippen molar-refractivity contribution in [1.29, 1.82) is 0 Å². The number of unbranched alkanes of at least 4 members (excludes halogenated alkanes) is 2. The van der Waals surface area contributed by atoms with Crippen molar-refractivity contribution in [2.75, 3.05) is 5.75 Å². The lowest BCUT2D eigenvalue weighted by molar-refractivity contribution is -0.428. The van der Waals surface area contributed by atoms with Crippen LogP contribution < -0.4 is 0 Å². The van der Waals surface area contributed by atoms with Gasteiger partial charge in [-0.25, -0.2) is 4.98 Å². The summed E-state index contributed by atoms with van der Waals surface area (Å²) in [5.74, 6) is 3.33. The highest BCUT2D eigenvalue weighted by Gasteiger charge is 2.41. The van der Waals surface area contributed by atoms with E-state index in [-0.39, 0.29) is 34.3 Å². The van der Waals surface area contributed by atoms with E-state index < -0.39 is 6.10 Å². The van der Waals surface area contributed by atoms with Crippen molar-refractivity contribution in [3.8, 4) is 10.6 Å². The average molecular weight is 639 g/mol. The maximum atomic E-state index is 13.9. The van der Waals surface area contributed by atoms with Crippen molar-refractivity contribution in [1.82, 2.24) is 4.98 Å². The largest absolute Gasteiger partial charge is 0.306 e. The molecule has 1 aromatic carbocycles. The Morgan fingerprint density at radius 3 is 2.11 bits per heavy atom. The van der Waals surface area contributed by atoms with Crippen LogP contribution in [-0.2, 0) is 8.98 Å². The zero-order valence-electron chi connectivity index (χ0n) is 26.6. The molecule has 8 heteroatoms. The lowest BCUT2D eigenvalue weighted by Crippen LogP contribution is -2.23. The first kappa shape index (κ1) is 33.3. The molecule has 1 atom stereocenters. The molecule has 240 valence electrons. The first-order valence-electron chi connectivity index (χ1n) is 17.2. The molecule has 1 heterocycles. The van der Waals surface area contributed by atoms with E-state index in [0.717, 1.165) is 58.7 Å². The van der Waals surface area contributed by atoms with Crippen LogP contribution in [0.3, 0.4) is 0 Å². The molecule has 3 aliphatic carbocycles. The van der Waals surface area contributed by atoms with Crippen molar-refractivity contribution in [2.45, 2.75) is 123 Å². The SMILES string of the molecule is CCCCC1CCC(CSOC2CC([N+](=O)[O-])=C(C(=O)CC3CCC(CCCC)CC3)c3nc(-c4ccccc4)sc32)CC1. The summed E-state index contributed by atoms with van der Waals surface area (Å²) in [6.07, 6.45) is 17.2. The van der Waals surface area contributed by atoms with Gasteiger partial charge in [0.2, 0.25) is 0 Å². The molecule has 2 aromatic rings. The summed E-state index contributed by atoms with van der Waals surface area (Å²) in [6.45, 7) is 4.50. The molecule has 0 spiro atoms. The summed E-state index contributed by atoms with van der Waals surface area (Å²) >= 11 is 2.98. The molecule has 0 radical (unpaired) electrons. The number of ketones is 1. The predicted octanol–water partition coefficient (Wildman–Crippen LogP) is 10.9. The lowest BCUT2D eigenvalue weighted by Gasteiger charge is -2.29. The fraction of sp³-hybridized carbons (Fsp3) is 0.667. The van der Waals surface area contributed by atoms with Gasteiger partial charge in [-0.1, -0.05) is 108 Å². The number of benzene rings is 1. The van der Waals surface area contributed by atoms with Gasteiger partial charge in [0.15, 0.2) is 5.78 Å². The number of thiazole rings is 1. The van der Waals surface area contributed by atoms with Crippen molar-refractivity contribution < 1.29 is 13.9 Å². The molecule has 0 aliphatic heterocycles. The highest BCUT2D eigenvalue weighted by Crippen LogP contribution is 2.47. The number of hydrogen-bond acceptors (Lipinski definition) is 7. The number of fused-ring (bicyclic) bond motifs is 1. The van der Waals surface area contributed by atoms with Gasteiger partial charge in [-0.2, -0.15) is 0 Å². The number of rotatable bonds is 15. The van der Waals surface area contributed by atoms with Gasteiger partial charge in [-0.3, -0.25) is 14.9 Å². The number of hydrogen-bond donors (Lipinski definition) is 0. The summed E-state index contributed by atoms with van der Waals surface area (Å²) in [7, 11) is 0. The van der Waals surface area contributed by atoms with E-state index in [4.69, 9.17) is 9.17 Å². The molecule has 5 rings (SSSR count). The highest BCUT2D eigenvalue weighted by atomic mass is 32.2. The van der Waals surface area contributed by atoms with Crippen LogP contribution in [0, 0.1) is 33.8 Å². The van der Waals surface area contributed by atoms with Crippen molar-refractivity contribution >= 4 is 34.7 Å². The van der Waals surface area contributed by atoms with E-state index in [0.29, 0.717) is 18.0 Å². The second-order valence-electron chi connectivity index (χ2n) is 13.4. The monoisotopic (exact) mass is 638 g/mol. The van der Waals surface area contributed by atoms with E-state index >= 15 is 0 Å². The second-order valence-corrected chi connectivity index (χ2v) is 15.2. The molecule has 0 bridgehead atoms. The Balaban J connectivity index is 1.30. The van der Waals surface area contributed by atoms with Gasteiger partial charge in [0.25, 0.3) is 5.70 Å². The fourth-order valence-electron chi connectivity index (χ4n) is 7.46. The Bertz CT molecular complexity index is 1260. The normalized spacial score (nSPS) is 25.5. The fourth-order valence-corrected chi connectivity index (χ4v) is 9.56. The zero-order chi connectivity index (χ0) is 30.9. The van der Waals surface area contributed by atoms with Crippen LogP contribution in [0.25, 0.3) is 16.1 Å². The van der Waals surface area contributed by atoms with E-state index in [2.05, 4.69) is 13.8 Å². The van der Waals surface area contributed by atoms with Crippen LogP contribution in [-0.4, -0.2) is 21.4 Å². The third-order valence-electron chi connectivity index (χ3n) is 10.2. The zero-order valence-corrected chi connectivity index (χ0v) is 28.3. The average Bonchev–Trinajstić information content (AvgIpc) is 3.50. The van der Waals surface area contributed by atoms with Gasteiger partial charge in [-0.05, 0) is 61.4 Å². The standard InChI is InChI=1S/C36H50N2O4S2/c1-3-5-10-25-14-18-27(19-15-25)22-31(39)33-30(38(40)41)23-32(35-34(33)37-36(44-35)29-12-8-7-9-13-29)42-43-24-28-20-16-26(17-21-28)11-6-4-2/h7-9,12-13,25-28,32H,3-6,10-11,14-24H2,1-2H3. The Morgan fingerprint density at radius 1 is 0.932 bits per heavy atom. The molecular formula is C36H50N2O4S2. The molecule has 1 aromatic heterocycles. The summed E-state index contributed by atoms with van der Waals surface area (Å²) in [4.78, 5) is 31.8. The van der Waals surface area contributed by atoms with E-state index in [9.17, 15) is 14.9 Å². The van der Waals surface area contributed by atoms with Gasteiger partial charge in [0.1, 0.15) is 16.7 Å². The molecule has 3 aliphatic rings. The number of nitrogens with zero attached hydrogens (tertiary/aromatic N) is 2. The third kappa shape index (κ3) is 8.61. The van der Waals surface area contributed by atoms with Crippen LogP contribution in [0.4, 0.5) is 0 Å². The highest BCUT2D eigenvalue weighted by molar-refractivity contribution is 7.94. The molecule has 2 fully saturated rings. The number of nitro groups is 1. The number of Topliss-reactive ketones (excluding diaryl/α,β-unsaturated/α-hetero) is 1. The van der Waals surface area contributed by atoms with Crippen molar-refractivity contribution in [2.24, 2.45) is 23.7 Å². The molecule has 2 saturated carbocycles. The molecular weight excluding hydrogens is 589 g/mol. The number of allylic oxidation sites excluding steroid dienone is 1. The summed E-state index contributed by atoms with van der Waals surface area (Å²) in [5.41, 5.74) is 1.64. The second kappa shape index (κ2) is 16.5. The first-order valence-corrected chi connectivity index (χ1v) is 18.9. The minimum absolute atomic E-state index is 0.0222. The predicted molar refractivity (Wildman–Crippen MR) is 182 cm³/mol. The third-order valence-corrected chi connectivity index (χ3v) is 12.4. The van der Waals surface area contributed by atoms with Gasteiger partial charge in [0.05, 0.1) is 21.9 Å². The number of aromatic nitrogens is 1. The molecule has 44 heavy (non-hydrogen) atoms. The summed E-state index contributed by atoms with van der Waals surface area (Å²) < 4.78 is 6.39. The molecule has 0 amide bonds. The molecule has 0 saturated heterocycles. The molecule has 1 unspecified atom stereocenters. The molecule has 0 N–H and O–H groups in total. The minimum Gasteiger partial charge on any atom is -0.306 e. The van der Waals surface area contributed by atoms with Crippen LogP contribution in [0.5, 0.6) is 0 Å². The number of carbonyl (C=O) groups is 1. The topological polar surface area (TPSA) is 82.3 Å². The van der Waals surface area contributed by atoms with Crippen LogP contribution in [0.15, 0.2) is 36.0 Å². The van der Waals surface area contributed by atoms with Crippen LogP contribution in [0.2, 0.25) is 0 Å². The van der Waals surface area contributed by atoms with Crippen LogP contribution >= 0.6 is 23.4 Å². The maximum Gasteiger partial charge on any atom is 0.262 e. The first-order chi connectivity index (χ1) is 21.5. The Hall–Kier alpha value is -2.03. The quantitative estimate of drug-likeness (QED) is 0.110. The number of carbonyl (C=O) groups excluding carboxylic acids is 1. The van der Waals surface area contributed by atoms with Gasteiger partial charge in [-0.15, -0.1) is 11.3 Å². The Labute approximate surface area is 272 Å². The van der Waals surface area contributed by atoms with E-state index in [1.807, 2.05) is 30.3 Å². The Morgan fingerprint density at radius 2 is 1.52 bits per heavy atom. The van der Waals surface area contributed by atoms with Gasteiger partial charge < -0.3 is 4.18 Å². The lowest BCUT2D eigenvalue weighted by atomic mass is 9.77. The maximum absolute atomic E-state index is 13.9. The Kier molecular flexibility index (Phi) is 12.5.